The van der Waals surface area contributed by atoms with Gasteiger partial charge in [-0.3, -0.25) is 4.79 Å². The van der Waals surface area contributed by atoms with E-state index < -0.39 is 0 Å². The molecule has 0 aliphatic heterocycles. The molecule has 1 spiro atoms. The highest BCUT2D eigenvalue weighted by Gasteiger charge is 2.33. The van der Waals surface area contributed by atoms with Crippen molar-refractivity contribution in [2.45, 2.75) is 39.0 Å². The van der Waals surface area contributed by atoms with Gasteiger partial charge in [0.25, 0.3) is 0 Å². The lowest BCUT2D eigenvalue weighted by Gasteiger charge is -2.27. The average molecular weight is 202 g/mol. The number of unbranched alkanes of at least 4 members (excludes halogenated alkanes) is 1. The van der Waals surface area contributed by atoms with E-state index in [4.69, 9.17) is 0 Å². The Kier molecular flexibility index (Phi) is 2.90. The Balaban J connectivity index is 2.15. The lowest BCUT2D eigenvalue weighted by Crippen LogP contribution is -2.18. The quantitative estimate of drug-likeness (QED) is 0.639. The fourth-order valence-corrected chi connectivity index (χ4v) is 2.49. The smallest absolute Gasteiger partial charge is 0.178 e. The van der Waals surface area contributed by atoms with Crippen LogP contribution in [0.15, 0.2) is 36.0 Å². The summed E-state index contributed by atoms with van der Waals surface area (Å²) < 4.78 is 0. The highest BCUT2D eigenvalue weighted by atomic mass is 16.1. The first-order valence-corrected chi connectivity index (χ1v) is 5.89. The van der Waals surface area contributed by atoms with Crippen LogP contribution in [0.3, 0.4) is 0 Å². The summed E-state index contributed by atoms with van der Waals surface area (Å²) in [5.41, 5.74) is 1.62. The van der Waals surface area contributed by atoms with Gasteiger partial charge in [-0.05, 0) is 37.8 Å². The molecule has 0 N–H and O–H groups in total. The lowest BCUT2D eigenvalue weighted by atomic mass is 9.76. The Morgan fingerprint density at radius 2 is 2.07 bits per heavy atom. The minimum Gasteiger partial charge on any atom is -0.290 e. The van der Waals surface area contributed by atoms with Crippen molar-refractivity contribution < 1.29 is 4.79 Å². The molecule has 0 fully saturated rings. The SMILES string of the molecule is CCCCC1=CCCC12C=CC(=O)C=C2. The Morgan fingerprint density at radius 3 is 2.73 bits per heavy atom. The van der Waals surface area contributed by atoms with Gasteiger partial charge in [-0.2, -0.15) is 0 Å². The molecule has 1 nitrogen and oxygen atoms in total. The van der Waals surface area contributed by atoms with Gasteiger partial charge >= 0.3 is 0 Å². The number of carbonyl (C=O) groups is 1. The molecular formula is C14H18O. The first-order chi connectivity index (χ1) is 7.27. The Labute approximate surface area is 91.6 Å². The van der Waals surface area contributed by atoms with E-state index in [1.807, 2.05) is 0 Å². The van der Waals surface area contributed by atoms with E-state index in [1.165, 1.54) is 24.8 Å². The largest absolute Gasteiger partial charge is 0.290 e. The number of hydrogen-bond acceptors (Lipinski definition) is 1. The van der Waals surface area contributed by atoms with Crippen LogP contribution in [0.1, 0.15) is 39.0 Å². The summed E-state index contributed by atoms with van der Waals surface area (Å²) in [6.45, 7) is 2.22. The molecule has 0 bridgehead atoms. The van der Waals surface area contributed by atoms with Gasteiger partial charge < -0.3 is 0 Å². The van der Waals surface area contributed by atoms with E-state index in [1.54, 1.807) is 12.2 Å². The maximum atomic E-state index is 11.1. The van der Waals surface area contributed by atoms with E-state index in [9.17, 15) is 4.79 Å². The molecule has 2 aliphatic rings. The van der Waals surface area contributed by atoms with Gasteiger partial charge in [-0.1, -0.05) is 37.1 Å². The van der Waals surface area contributed by atoms with E-state index in [0.29, 0.717) is 0 Å². The van der Waals surface area contributed by atoms with Crippen LogP contribution in [0.5, 0.6) is 0 Å². The topological polar surface area (TPSA) is 17.1 Å². The molecule has 0 saturated heterocycles. The Bertz CT molecular complexity index is 328. The zero-order valence-electron chi connectivity index (χ0n) is 9.33. The van der Waals surface area contributed by atoms with Crippen LogP contribution in [-0.4, -0.2) is 5.78 Å². The molecule has 2 aliphatic carbocycles. The first kappa shape index (κ1) is 10.4. The summed E-state index contributed by atoms with van der Waals surface area (Å²) >= 11 is 0. The first-order valence-electron chi connectivity index (χ1n) is 5.89. The summed E-state index contributed by atoms with van der Waals surface area (Å²) in [6.07, 6.45) is 16.0. The maximum absolute atomic E-state index is 11.1. The second kappa shape index (κ2) is 4.18. The fourth-order valence-electron chi connectivity index (χ4n) is 2.49. The lowest BCUT2D eigenvalue weighted by molar-refractivity contribution is -0.110. The fraction of sp³-hybridized carbons (Fsp3) is 0.500. The van der Waals surface area contributed by atoms with Crippen molar-refractivity contribution in [3.8, 4) is 0 Å². The molecule has 80 valence electrons. The van der Waals surface area contributed by atoms with Gasteiger partial charge in [0.2, 0.25) is 0 Å². The standard InChI is InChI=1S/C14H18O/c1-2-3-5-12-6-4-9-14(12)10-7-13(15)8-11-14/h6-8,10-11H,2-5,9H2,1H3. The van der Waals surface area contributed by atoms with E-state index in [2.05, 4.69) is 25.2 Å². The summed E-state index contributed by atoms with van der Waals surface area (Å²) in [7, 11) is 0. The molecule has 0 radical (unpaired) electrons. The van der Waals surface area contributed by atoms with E-state index in [0.717, 1.165) is 12.8 Å². The third-order valence-corrected chi connectivity index (χ3v) is 3.44. The normalized spacial score (nSPS) is 22.5. The third kappa shape index (κ3) is 1.97. The molecule has 0 amide bonds. The summed E-state index contributed by atoms with van der Waals surface area (Å²) in [4.78, 5) is 11.1. The second-order valence-electron chi connectivity index (χ2n) is 4.48. The minimum atomic E-state index is 0.100. The highest BCUT2D eigenvalue weighted by molar-refractivity contribution is 6.00. The molecule has 0 aromatic carbocycles. The summed E-state index contributed by atoms with van der Waals surface area (Å²) in [6, 6.07) is 0. The van der Waals surface area contributed by atoms with Crippen LogP contribution in [0.2, 0.25) is 0 Å². The number of carbonyl (C=O) groups excluding carboxylic acids is 1. The third-order valence-electron chi connectivity index (χ3n) is 3.44. The van der Waals surface area contributed by atoms with Crippen LogP contribution in [0.4, 0.5) is 0 Å². The molecule has 15 heavy (non-hydrogen) atoms. The zero-order valence-corrected chi connectivity index (χ0v) is 9.33. The molecule has 0 aromatic heterocycles. The van der Waals surface area contributed by atoms with Gasteiger partial charge in [-0.25, -0.2) is 0 Å². The van der Waals surface area contributed by atoms with Crippen LogP contribution in [0, 0.1) is 5.41 Å². The molecular weight excluding hydrogens is 184 g/mol. The Morgan fingerprint density at radius 1 is 1.33 bits per heavy atom. The van der Waals surface area contributed by atoms with Crippen molar-refractivity contribution in [3.05, 3.63) is 36.0 Å². The predicted octanol–water partition coefficient (Wildman–Crippen LogP) is 3.58. The number of hydrogen-bond donors (Lipinski definition) is 0. The second-order valence-corrected chi connectivity index (χ2v) is 4.48. The van der Waals surface area contributed by atoms with Crippen molar-refractivity contribution in [2.24, 2.45) is 5.41 Å². The zero-order chi connectivity index (χ0) is 10.7. The monoisotopic (exact) mass is 202 g/mol. The van der Waals surface area contributed by atoms with Crippen LogP contribution in [0.25, 0.3) is 0 Å². The van der Waals surface area contributed by atoms with Gasteiger partial charge in [0.15, 0.2) is 5.78 Å². The minimum absolute atomic E-state index is 0.100. The summed E-state index contributed by atoms with van der Waals surface area (Å²) in [5.74, 6) is 0.127. The average Bonchev–Trinajstić information content (AvgIpc) is 2.63. The highest BCUT2D eigenvalue weighted by Crippen LogP contribution is 2.45. The van der Waals surface area contributed by atoms with Crippen molar-refractivity contribution in [1.82, 2.24) is 0 Å². The van der Waals surface area contributed by atoms with Gasteiger partial charge in [-0.15, -0.1) is 0 Å². The van der Waals surface area contributed by atoms with Gasteiger partial charge in [0.1, 0.15) is 0 Å². The molecule has 0 heterocycles. The van der Waals surface area contributed by atoms with E-state index in [-0.39, 0.29) is 11.2 Å². The molecule has 0 aromatic rings. The summed E-state index contributed by atoms with van der Waals surface area (Å²) in [5, 5.41) is 0. The van der Waals surface area contributed by atoms with Crippen LogP contribution >= 0.6 is 0 Å². The van der Waals surface area contributed by atoms with Crippen molar-refractivity contribution in [2.75, 3.05) is 0 Å². The van der Waals surface area contributed by atoms with Crippen LogP contribution < -0.4 is 0 Å². The number of ketones is 1. The van der Waals surface area contributed by atoms with Gasteiger partial charge in [0, 0.05) is 5.41 Å². The van der Waals surface area contributed by atoms with Crippen molar-refractivity contribution >= 4 is 5.78 Å². The van der Waals surface area contributed by atoms with Crippen LogP contribution in [-0.2, 0) is 4.79 Å². The predicted molar refractivity (Wildman–Crippen MR) is 62.6 cm³/mol. The Hall–Kier alpha value is -1.11. The van der Waals surface area contributed by atoms with E-state index >= 15 is 0 Å². The number of rotatable bonds is 3. The molecule has 0 atom stereocenters. The molecule has 0 unspecified atom stereocenters. The van der Waals surface area contributed by atoms with Crippen molar-refractivity contribution in [1.29, 1.82) is 0 Å². The van der Waals surface area contributed by atoms with Gasteiger partial charge in [0.05, 0.1) is 0 Å². The molecule has 2 rings (SSSR count). The number of allylic oxidation sites excluding steroid dienone is 6. The molecule has 1 heteroatoms. The maximum Gasteiger partial charge on any atom is 0.178 e. The van der Waals surface area contributed by atoms with Crippen molar-refractivity contribution in [3.63, 3.8) is 0 Å². The molecule has 0 saturated carbocycles.